The SMILES string of the molecule is CCCCCCCCn1c(O)c(C#N)c(C)c(N=Nc2cc(C)on2)c1=O. The summed E-state index contributed by atoms with van der Waals surface area (Å²) in [6.45, 7) is 5.78. The first kappa shape index (κ1) is 20.4. The van der Waals surface area contributed by atoms with Crippen molar-refractivity contribution in [2.75, 3.05) is 0 Å². The molecule has 0 amide bonds. The highest BCUT2D eigenvalue weighted by Crippen LogP contribution is 2.27. The van der Waals surface area contributed by atoms with Gasteiger partial charge in [0.05, 0.1) is 0 Å². The van der Waals surface area contributed by atoms with E-state index in [4.69, 9.17) is 4.52 Å². The normalized spacial score (nSPS) is 11.2. The van der Waals surface area contributed by atoms with Crippen molar-refractivity contribution in [1.82, 2.24) is 9.72 Å². The van der Waals surface area contributed by atoms with Gasteiger partial charge in [-0.05, 0) is 20.3 Å². The number of nitriles is 1. The maximum Gasteiger partial charge on any atom is 0.281 e. The van der Waals surface area contributed by atoms with E-state index in [-0.39, 0.29) is 22.9 Å². The van der Waals surface area contributed by atoms with Gasteiger partial charge in [-0.25, -0.2) is 0 Å². The molecule has 2 rings (SSSR count). The molecule has 2 heterocycles. The third-order valence-corrected chi connectivity index (χ3v) is 4.37. The van der Waals surface area contributed by atoms with Gasteiger partial charge in [-0.3, -0.25) is 9.36 Å². The number of hydrogen-bond donors (Lipinski definition) is 1. The highest BCUT2D eigenvalue weighted by atomic mass is 16.5. The van der Waals surface area contributed by atoms with Crippen molar-refractivity contribution in [2.45, 2.75) is 65.8 Å². The summed E-state index contributed by atoms with van der Waals surface area (Å²) >= 11 is 0. The molecule has 8 nitrogen and oxygen atoms in total. The van der Waals surface area contributed by atoms with E-state index >= 15 is 0 Å². The lowest BCUT2D eigenvalue weighted by Gasteiger charge is -2.12. The molecule has 0 saturated heterocycles. The Morgan fingerprint density at radius 3 is 2.56 bits per heavy atom. The van der Waals surface area contributed by atoms with Gasteiger partial charge in [-0.2, -0.15) is 5.26 Å². The summed E-state index contributed by atoms with van der Waals surface area (Å²) in [5, 5.41) is 31.3. The summed E-state index contributed by atoms with van der Waals surface area (Å²) in [7, 11) is 0. The minimum absolute atomic E-state index is 0.0241. The zero-order chi connectivity index (χ0) is 19.8. The number of azo groups is 1. The van der Waals surface area contributed by atoms with Crippen molar-refractivity contribution in [3.05, 3.63) is 33.3 Å². The molecule has 0 aromatic carbocycles. The van der Waals surface area contributed by atoms with Crippen molar-refractivity contribution in [2.24, 2.45) is 10.2 Å². The van der Waals surface area contributed by atoms with Crippen LogP contribution in [-0.4, -0.2) is 14.8 Å². The molecule has 0 unspecified atom stereocenters. The van der Waals surface area contributed by atoms with Gasteiger partial charge in [-0.1, -0.05) is 44.2 Å². The van der Waals surface area contributed by atoms with Crippen LogP contribution in [0.25, 0.3) is 0 Å². The first-order valence-electron chi connectivity index (χ1n) is 9.21. The monoisotopic (exact) mass is 371 g/mol. The molecule has 1 N–H and O–H groups in total. The van der Waals surface area contributed by atoms with Crippen molar-refractivity contribution < 1.29 is 9.63 Å². The molecule has 144 valence electrons. The van der Waals surface area contributed by atoms with Gasteiger partial charge >= 0.3 is 0 Å². The molecular formula is C19H25N5O3. The Balaban J connectivity index is 2.27. The average Bonchev–Trinajstić information content (AvgIpc) is 3.06. The molecular weight excluding hydrogens is 346 g/mol. The first-order chi connectivity index (χ1) is 13.0. The molecule has 0 aliphatic rings. The summed E-state index contributed by atoms with van der Waals surface area (Å²) in [5.41, 5.74) is -0.119. The van der Waals surface area contributed by atoms with Crippen LogP contribution in [-0.2, 0) is 6.54 Å². The molecule has 0 radical (unpaired) electrons. The Bertz CT molecular complexity index is 905. The van der Waals surface area contributed by atoms with Gasteiger partial charge in [0.25, 0.3) is 5.56 Å². The van der Waals surface area contributed by atoms with E-state index in [0.717, 1.165) is 25.7 Å². The zero-order valence-corrected chi connectivity index (χ0v) is 16.0. The fourth-order valence-electron chi connectivity index (χ4n) is 2.82. The molecule has 0 atom stereocenters. The molecule has 8 heteroatoms. The van der Waals surface area contributed by atoms with E-state index < -0.39 is 5.56 Å². The van der Waals surface area contributed by atoms with E-state index in [9.17, 15) is 15.2 Å². The second-order valence-corrected chi connectivity index (χ2v) is 6.50. The smallest absolute Gasteiger partial charge is 0.281 e. The predicted molar refractivity (Wildman–Crippen MR) is 101 cm³/mol. The third-order valence-electron chi connectivity index (χ3n) is 4.37. The Morgan fingerprint density at radius 2 is 1.93 bits per heavy atom. The summed E-state index contributed by atoms with van der Waals surface area (Å²) < 4.78 is 6.12. The Labute approximate surface area is 158 Å². The van der Waals surface area contributed by atoms with Crippen molar-refractivity contribution in [3.8, 4) is 11.9 Å². The maximum atomic E-state index is 12.8. The van der Waals surface area contributed by atoms with Crippen LogP contribution in [0.1, 0.15) is 62.3 Å². The molecule has 0 bridgehead atoms. The van der Waals surface area contributed by atoms with Gasteiger partial charge in [0.2, 0.25) is 11.7 Å². The van der Waals surface area contributed by atoms with E-state index in [1.54, 1.807) is 19.9 Å². The standard InChI is InChI=1S/C19H25N5O3/c1-4-5-6-7-8-9-10-24-18(25)15(12-20)14(3)17(19(24)26)22-21-16-11-13(2)27-23-16/h11,25H,4-10H2,1-3H3. The van der Waals surface area contributed by atoms with Crippen molar-refractivity contribution in [1.29, 1.82) is 5.26 Å². The summed E-state index contributed by atoms with van der Waals surface area (Å²) in [5.74, 6) is 0.495. The van der Waals surface area contributed by atoms with Crippen molar-refractivity contribution in [3.63, 3.8) is 0 Å². The Morgan fingerprint density at radius 1 is 1.22 bits per heavy atom. The fourth-order valence-corrected chi connectivity index (χ4v) is 2.82. The Kier molecular flexibility index (Phi) is 7.29. The van der Waals surface area contributed by atoms with Crippen LogP contribution in [0.4, 0.5) is 11.5 Å². The first-order valence-corrected chi connectivity index (χ1v) is 9.21. The second kappa shape index (κ2) is 9.67. The second-order valence-electron chi connectivity index (χ2n) is 6.50. The number of aromatic nitrogens is 2. The predicted octanol–water partition coefficient (Wildman–Crippen LogP) is 4.81. The van der Waals surface area contributed by atoms with Crippen LogP contribution in [0.5, 0.6) is 5.88 Å². The Hall–Kier alpha value is -2.95. The molecule has 0 spiro atoms. The number of hydrogen-bond acceptors (Lipinski definition) is 7. The van der Waals surface area contributed by atoms with E-state index in [1.165, 1.54) is 17.4 Å². The number of unbranched alkanes of at least 4 members (excludes halogenated alkanes) is 5. The van der Waals surface area contributed by atoms with Crippen molar-refractivity contribution >= 4 is 11.5 Å². The van der Waals surface area contributed by atoms with E-state index in [0.29, 0.717) is 17.9 Å². The maximum absolute atomic E-state index is 12.8. The molecule has 0 fully saturated rings. The fraction of sp³-hybridized carbons (Fsp3) is 0.526. The molecule has 0 saturated carbocycles. The molecule has 27 heavy (non-hydrogen) atoms. The topological polar surface area (TPSA) is 117 Å². The number of rotatable bonds is 9. The van der Waals surface area contributed by atoms with Gasteiger partial charge in [0.15, 0.2) is 5.69 Å². The van der Waals surface area contributed by atoms with E-state index in [1.807, 2.05) is 6.07 Å². The quantitative estimate of drug-likeness (QED) is 0.501. The van der Waals surface area contributed by atoms with Gasteiger partial charge in [0.1, 0.15) is 17.4 Å². The van der Waals surface area contributed by atoms with Gasteiger partial charge in [0, 0.05) is 18.2 Å². The zero-order valence-electron chi connectivity index (χ0n) is 16.0. The van der Waals surface area contributed by atoms with E-state index in [2.05, 4.69) is 22.3 Å². The summed E-state index contributed by atoms with van der Waals surface area (Å²) in [4.78, 5) is 12.8. The molecule has 0 aliphatic heterocycles. The lowest BCUT2D eigenvalue weighted by Crippen LogP contribution is -2.22. The minimum Gasteiger partial charge on any atom is -0.493 e. The largest absolute Gasteiger partial charge is 0.493 e. The highest BCUT2D eigenvalue weighted by Gasteiger charge is 2.19. The van der Waals surface area contributed by atoms with Crippen LogP contribution < -0.4 is 5.56 Å². The lowest BCUT2D eigenvalue weighted by atomic mass is 10.1. The molecule has 2 aromatic rings. The third kappa shape index (κ3) is 5.03. The van der Waals surface area contributed by atoms with Crippen LogP contribution in [0.15, 0.2) is 25.6 Å². The highest BCUT2D eigenvalue weighted by molar-refractivity contribution is 5.56. The number of aryl methyl sites for hydroxylation is 1. The minimum atomic E-state index is -0.471. The number of nitrogens with zero attached hydrogens (tertiary/aromatic N) is 5. The summed E-state index contributed by atoms with van der Waals surface area (Å²) in [6, 6.07) is 3.53. The van der Waals surface area contributed by atoms with Crippen LogP contribution in [0, 0.1) is 25.2 Å². The van der Waals surface area contributed by atoms with Crippen LogP contribution in [0.3, 0.4) is 0 Å². The van der Waals surface area contributed by atoms with Gasteiger partial charge < -0.3 is 9.63 Å². The average molecular weight is 371 g/mol. The number of aromatic hydroxyl groups is 1. The van der Waals surface area contributed by atoms with Gasteiger partial charge in [-0.15, -0.1) is 10.2 Å². The van der Waals surface area contributed by atoms with Crippen LogP contribution in [0.2, 0.25) is 0 Å². The van der Waals surface area contributed by atoms with Crippen LogP contribution >= 0.6 is 0 Å². The molecule has 2 aromatic heterocycles. The number of pyridine rings is 1. The summed E-state index contributed by atoms with van der Waals surface area (Å²) in [6.07, 6.45) is 6.30. The lowest BCUT2D eigenvalue weighted by molar-refractivity contribution is 0.396. The molecule has 0 aliphatic carbocycles.